The van der Waals surface area contributed by atoms with E-state index in [1.165, 1.54) is 6.39 Å². The van der Waals surface area contributed by atoms with E-state index in [-0.39, 0.29) is 11.9 Å². The van der Waals surface area contributed by atoms with E-state index in [1.807, 2.05) is 48.5 Å². The van der Waals surface area contributed by atoms with Gasteiger partial charge in [-0.1, -0.05) is 33.2 Å². The minimum Gasteiger partial charge on any atom is -0.444 e. The van der Waals surface area contributed by atoms with Gasteiger partial charge in [0.05, 0.1) is 6.20 Å². The molecule has 178 valence electrons. The molecule has 3 heterocycles. The van der Waals surface area contributed by atoms with Gasteiger partial charge in [0.1, 0.15) is 0 Å². The molecule has 6 rings (SSSR count). The first-order valence-corrected chi connectivity index (χ1v) is 12.6. The highest BCUT2D eigenvalue weighted by molar-refractivity contribution is 9.10. The predicted octanol–water partition coefficient (Wildman–Crippen LogP) is 5.43. The van der Waals surface area contributed by atoms with Crippen LogP contribution < -0.4 is 4.90 Å². The molecule has 0 N–H and O–H groups in total. The lowest BCUT2D eigenvalue weighted by Crippen LogP contribution is -2.48. The molecule has 1 aliphatic carbocycles. The van der Waals surface area contributed by atoms with Crippen LogP contribution in [0, 0.1) is 0 Å². The maximum Gasteiger partial charge on any atom is 0.324 e. The van der Waals surface area contributed by atoms with Crippen LogP contribution in [0.5, 0.6) is 0 Å². The molecule has 2 aromatic carbocycles. The fraction of sp³-hybridized carbons (Fsp3) is 0.308. The van der Waals surface area contributed by atoms with Gasteiger partial charge in [0, 0.05) is 46.3 Å². The summed E-state index contributed by atoms with van der Waals surface area (Å²) in [5.41, 5.74) is 2.53. The van der Waals surface area contributed by atoms with Crippen LogP contribution in [0.4, 0.5) is 6.01 Å². The Morgan fingerprint density at radius 3 is 2.29 bits per heavy atom. The van der Waals surface area contributed by atoms with Gasteiger partial charge in [0.15, 0.2) is 12.2 Å². The Kier molecular flexibility index (Phi) is 5.85. The second-order valence-electron chi connectivity index (χ2n) is 9.01. The van der Waals surface area contributed by atoms with Crippen LogP contribution in [-0.2, 0) is 0 Å². The molecule has 0 unspecified atom stereocenters. The summed E-state index contributed by atoms with van der Waals surface area (Å²) in [7, 11) is 0. The Bertz CT molecular complexity index is 1290. The van der Waals surface area contributed by atoms with E-state index < -0.39 is 0 Å². The van der Waals surface area contributed by atoms with Gasteiger partial charge in [-0.25, -0.2) is 4.98 Å². The molecule has 2 fully saturated rings. The van der Waals surface area contributed by atoms with Crippen molar-refractivity contribution in [1.29, 1.82) is 0 Å². The average molecular weight is 534 g/mol. The number of carbonyl (C=O) groups is 1. The number of rotatable bonds is 6. The predicted molar refractivity (Wildman–Crippen MR) is 134 cm³/mol. The molecular weight excluding hydrogens is 510 g/mol. The van der Waals surface area contributed by atoms with Crippen molar-refractivity contribution in [2.75, 3.05) is 18.0 Å². The van der Waals surface area contributed by atoms with E-state index in [9.17, 15) is 4.79 Å². The van der Waals surface area contributed by atoms with Gasteiger partial charge < -0.3 is 18.7 Å². The van der Waals surface area contributed by atoms with Crippen molar-refractivity contribution in [1.82, 2.24) is 20.0 Å². The first-order chi connectivity index (χ1) is 17.2. The van der Waals surface area contributed by atoms with Gasteiger partial charge >= 0.3 is 6.01 Å². The molecule has 2 aromatic heterocycles. The van der Waals surface area contributed by atoms with E-state index in [1.54, 1.807) is 6.20 Å². The minimum absolute atomic E-state index is 0.102. The number of halogens is 1. The van der Waals surface area contributed by atoms with Gasteiger partial charge in [-0.05, 0) is 62.1 Å². The molecule has 4 aromatic rings. The molecule has 35 heavy (non-hydrogen) atoms. The zero-order valence-corrected chi connectivity index (χ0v) is 20.6. The van der Waals surface area contributed by atoms with Crippen molar-refractivity contribution in [2.45, 2.75) is 37.8 Å². The van der Waals surface area contributed by atoms with E-state index in [0.717, 1.165) is 54.4 Å². The Morgan fingerprint density at radius 2 is 1.63 bits per heavy atom. The molecule has 0 radical (unpaired) electrons. The number of aromatic nitrogens is 3. The van der Waals surface area contributed by atoms with Crippen molar-refractivity contribution in [3.8, 4) is 22.7 Å². The van der Waals surface area contributed by atoms with E-state index in [2.05, 4.69) is 40.9 Å². The summed E-state index contributed by atoms with van der Waals surface area (Å²) < 4.78 is 11.9. The number of nitrogens with zero attached hydrogens (tertiary/aromatic N) is 5. The van der Waals surface area contributed by atoms with Gasteiger partial charge in [-0.3, -0.25) is 4.79 Å². The smallest absolute Gasteiger partial charge is 0.324 e. The molecule has 8 nitrogen and oxygen atoms in total. The second-order valence-corrected chi connectivity index (χ2v) is 9.93. The number of hydrogen-bond donors (Lipinski definition) is 0. The molecule has 1 saturated carbocycles. The van der Waals surface area contributed by atoms with Gasteiger partial charge in [0.2, 0.25) is 5.82 Å². The van der Waals surface area contributed by atoms with Crippen molar-refractivity contribution in [2.24, 2.45) is 0 Å². The summed E-state index contributed by atoms with van der Waals surface area (Å²) in [5, 5.41) is 4.16. The Balaban J connectivity index is 1.12. The fourth-order valence-electron chi connectivity index (χ4n) is 4.66. The summed E-state index contributed by atoms with van der Waals surface area (Å²) in [6, 6.07) is 16.5. The number of amides is 1. The largest absolute Gasteiger partial charge is 0.444 e. The second kappa shape index (κ2) is 9.30. The van der Waals surface area contributed by atoms with Crippen molar-refractivity contribution < 1.29 is 13.7 Å². The fourth-order valence-corrected chi connectivity index (χ4v) is 4.93. The normalized spacial score (nSPS) is 16.4. The zero-order valence-electron chi connectivity index (χ0n) is 19.0. The summed E-state index contributed by atoms with van der Waals surface area (Å²) in [4.78, 5) is 26.3. The van der Waals surface area contributed by atoms with E-state index in [0.29, 0.717) is 29.2 Å². The number of carbonyl (C=O) groups excluding carboxylic acids is 1. The number of anilines is 1. The summed E-state index contributed by atoms with van der Waals surface area (Å²) in [6.07, 6.45) is 6.96. The SMILES string of the molecule is O=C(c1ccc(-c2cnco2)cc1)N(C1CC1)C1CCN(c2nc(-c3ccc(Br)cc3)no2)CC1. The Labute approximate surface area is 211 Å². The highest BCUT2D eigenvalue weighted by Gasteiger charge is 2.39. The zero-order chi connectivity index (χ0) is 23.8. The lowest BCUT2D eigenvalue weighted by Gasteiger charge is -2.38. The molecule has 0 bridgehead atoms. The highest BCUT2D eigenvalue weighted by atomic mass is 79.9. The van der Waals surface area contributed by atoms with Gasteiger partial charge in [0.25, 0.3) is 5.91 Å². The summed E-state index contributed by atoms with van der Waals surface area (Å²) in [5.74, 6) is 1.38. The van der Waals surface area contributed by atoms with Crippen LogP contribution in [0.1, 0.15) is 36.0 Å². The van der Waals surface area contributed by atoms with Crippen molar-refractivity contribution >= 4 is 27.9 Å². The summed E-state index contributed by atoms with van der Waals surface area (Å²) in [6.45, 7) is 1.54. The number of benzene rings is 2. The highest BCUT2D eigenvalue weighted by Crippen LogP contribution is 2.34. The van der Waals surface area contributed by atoms with E-state index in [4.69, 9.17) is 8.94 Å². The number of hydrogen-bond acceptors (Lipinski definition) is 7. The third-order valence-electron chi connectivity index (χ3n) is 6.67. The monoisotopic (exact) mass is 533 g/mol. The van der Waals surface area contributed by atoms with Crippen LogP contribution >= 0.6 is 15.9 Å². The van der Waals surface area contributed by atoms with E-state index >= 15 is 0 Å². The van der Waals surface area contributed by atoms with Gasteiger partial charge in [-0.15, -0.1) is 0 Å². The molecule has 9 heteroatoms. The Morgan fingerprint density at radius 1 is 0.943 bits per heavy atom. The molecule has 0 spiro atoms. The third kappa shape index (κ3) is 4.60. The third-order valence-corrected chi connectivity index (χ3v) is 7.20. The lowest BCUT2D eigenvalue weighted by molar-refractivity contribution is 0.0629. The van der Waals surface area contributed by atoms with Crippen LogP contribution in [-0.4, -0.2) is 51.1 Å². The first kappa shape index (κ1) is 22.0. The topological polar surface area (TPSA) is 88.5 Å². The van der Waals surface area contributed by atoms with Crippen LogP contribution in [0.25, 0.3) is 22.7 Å². The van der Waals surface area contributed by atoms with Gasteiger partial charge in [-0.2, -0.15) is 4.98 Å². The average Bonchev–Trinajstić information content (AvgIpc) is 3.35. The Hall–Kier alpha value is -3.46. The number of oxazole rings is 1. The first-order valence-electron chi connectivity index (χ1n) is 11.8. The van der Waals surface area contributed by atoms with Crippen molar-refractivity contribution in [3.63, 3.8) is 0 Å². The number of piperidine rings is 1. The lowest BCUT2D eigenvalue weighted by atomic mass is 10.0. The van der Waals surface area contributed by atoms with Crippen LogP contribution in [0.2, 0.25) is 0 Å². The molecular formula is C26H24BrN5O3. The van der Waals surface area contributed by atoms with Crippen LogP contribution in [0.3, 0.4) is 0 Å². The molecule has 1 aliphatic heterocycles. The molecule has 0 atom stereocenters. The molecule has 1 saturated heterocycles. The van der Waals surface area contributed by atoms with Crippen molar-refractivity contribution in [3.05, 3.63) is 71.2 Å². The summed E-state index contributed by atoms with van der Waals surface area (Å²) >= 11 is 3.45. The maximum absolute atomic E-state index is 13.5. The molecule has 2 aliphatic rings. The van der Waals surface area contributed by atoms with Crippen LogP contribution in [0.15, 0.2) is 74.5 Å². The maximum atomic E-state index is 13.5. The molecule has 1 amide bonds. The minimum atomic E-state index is 0.102. The quantitative estimate of drug-likeness (QED) is 0.326. The standard InChI is InChI=1S/C26H24BrN5O3/c27-20-7-5-18(6-8-20)24-29-26(35-30-24)31-13-11-22(12-14-31)32(21-9-10-21)25(33)19-3-1-17(2-4-19)23-15-28-16-34-23/h1-8,15-16,21-22H,9-14H2.